The van der Waals surface area contributed by atoms with Crippen molar-refractivity contribution in [2.75, 3.05) is 9.71 Å². The number of thiophene rings is 1. The Kier molecular flexibility index (Phi) is 8.99. The van der Waals surface area contributed by atoms with Gasteiger partial charge in [0.15, 0.2) is 0 Å². The lowest BCUT2D eigenvalue weighted by Gasteiger charge is -2.48. The zero-order valence-corrected chi connectivity index (χ0v) is 41.7. The molecule has 9 aromatic rings. The van der Waals surface area contributed by atoms with Crippen molar-refractivity contribution >= 4 is 77.7 Å². The second-order valence-corrected chi connectivity index (χ2v) is 24.1. The smallest absolute Gasteiger partial charge is 0.333 e. The minimum absolute atomic E-state index is 0.0273. The van der Waals surface area contributed by atoms with Gasteiger partial charge in [0, 0.05) is 48.7 Å². The summed E-state index contributed by atoms with van der Waals surface area (Å²) in [5.74, 6) is 0. The number of fused-ring (bicyclic) bond motifs is 12. The summed E-state index contributed by atoms with van der Waals surface area (Å²) in [6.45, 7) is 25.8. The van der Waals surface area contributed by atoms with Crippen LogP contribution in [0, 0.1) is 0 Å². The van der Waals surface area contributed by atoms with Crippen molar-refractivity contribution < 1.29 is 0 Å². The SMILES string of the molecule is CC(C)(C)c1ccc(N2B3c4c(cc5c(c4-c4cc(C(C)(C)C)ccc42)C(C)(C)c2ccccc2-5)N(c2ccc(C(C)(C)C)cc2-c2ccccc2)c2ccc4sc5ccccc5c4c23)cc1. The van der Waals surface area contributed by atoms with Gasteiger partial charge in [-0.05, 0) is 149 Å². The predicted molar refractivity (Wildman–Crippen MR) is 292 cm³/mol. The molecule has 0 amide bonds. The third-order valence-electron chi connectivity index (χ3n) is 15.3. The quantitative estimate of drug-likeness (QED) is 0.163. The molecule has 0 saturated carbocycles. The molecule has 330 valence electrons. The summed E-state index contributed by atoms with van der Waals surface area (Å²) in [4.78, 5) is 5.41. The van der Waals surface area contributed by atoms with Crippen LogP contribution >= 0.6 is 11.3 Å². The molecule has 1 aliphatic carbocycles. The Morgan fingerprint density at radius 2 is 1.06 bits per heavy atom. The van der Waals surface area contributed by atoms with E-state index in [1.165, 1.54) is 121 Å². The number of anilines is 5. The summed E-state index contributed by atoms with van der Waals surface area (Å²) in [7, 11) is 0. The van der Waals surface area contributed by atoms with Crippen molar-refractivity contribution in [3.8, 4) is 33.4 Å². The van der Waals surface area contributed by atoms with Crippen LogP contribution in [0.5, 0.6) is 0 Å². The molecule has 3 heterocycles. The van der Waals surface area contributed by atoms with Gasteiger partial charge in [-0.1, -0.05) is 173 Å². The standard InChI is InChI=1S/C63H59BN2S/c1-60(2,3)39-25-29-42(30-26-39)66-50-32-28-41(62(7,8)9)36-47(50)56-57-46(43-21-15-17-23-48(43)63(57,10)11)37-52-59(56)64(66)58-51(33-34-54-55(58)44-22-16-18-24-53(44)67-54)65(52)49-31-27-40(61(4,5)6)35-45(49)38-19-13-12-14-20-38/h12-37H,1-11H3. The zero-order chi connectivity index (χ0) is 46.5. The van der Waals surface area contributed by atoms with Gasteiger partial charge in [-0.3, -0.25) is 0 Å². The van der Waals surface area contributed by atoms with Crippen molar-refractivity contribution in [3.05, 3.63) is 186 Å². The molecule has 2 nitrogen and oxygen atoms in total. The monoisotopic (exact) mass is 886 g/mol. The fourth-order valence-electron chi connectivity index (χ4n) is 11.8. The molecule has 0 N–H and O–H groups in total. The first-order valence-corrected chi connectivity index (χ1v) is 25.0. The molecule has 2 aliphatic heterocycles. The number of hydrogen-bond donors (Lipinski definition) is 0. The van der Waals surface area contributed by atoms with Crippen molar-refractivity contribution in [3.63, 3.8) is 0 Å². The van der Waals surface area contributed by atoms with Crippen LogP contribution in [0.4, 0.5) is 28.4 Å². The predicted octanol–water partition coefficient (Wildman–Crippen LogP) is 16.6. The Morgan fingerprint density at radius 1 is 0.463 bits per heavy atom. The van der Waals surface area contributed by atoms with Crippen LogP contribution in [0.1, 0.15) is 104 Å². The number of rotatable bonds is 3. The first-order valence-electron chi connectivity index (χ1n) is 24.2. The van der Waals surface area contributed by atoms with E-state index in [0.29, 0.717) is 0 Å². The Hall–Kier alpha value is -6.36. The molecule has 0 saturated heterocycles. The Balaban J connectivity index is 1.30. The van der Waals surface area contributed by atoms with E-state index in [0.717, 1.165) is 0 Å². The van der Waals surface area contributed by atoms with Crippen molar-refractivity contribution in [2.24, 2.45) is 0 Å². The molecule has 0 atom stereocenters. The number of nitrogens with zero attached hydrogens (tertiary/aromatic N) is 2. The van der Waals surface area contributed by atoms with Crippen molar-refractivity contribution in [1.29, 1.82) is 0 Å². The molecule has 3 aliphatic rings. The van der Waals surface area contributed by atoms with Gasteiger partial charge in [0.2, 0.25) is 0 Å². The van der Waals surface area contributed by atoms with Gasteiger partial charge in [0.1, 0.15) is 0 Å². The van der Waals surface area contributed by atoms with Crippen molar-refractivity contribution in [1.82, 2.24) is 0 Å². The lowest BCUT2D eigenvalue weighted by atomic mass is 9.42. The van der Waals surface area contributed by atoms with E-state index in [9.17, 15) is 0 Å². The summed E-state index contributed by atoms with van der Waals surface area (Å²) >= 11 is 1.92. The molecule has 67 heavy (non-hydrogen) atoms. The van der Waals surface area contributed by atoms with Crippen LogP contribution in [0.3, 0.4) is 0 Å². The molecular formula is C63H59BN2S. The molecule has 0 radical (unpaired) electrons. The fraction of sp³-hybridized carbons (Fsp3) is 0.238. The summed E-state index contributed by atoms with van der Waals surface area (Å²) in [5.41, 5.74) is 23.3. The van der Waals surface area contributed by atoms with E-state index in [1.807, 2.05) is 11.3 Å². The molecule has 0 fully saturated rings. The highest BCUT2D eigenvalue weighted by Gasteiger charge is 2.51. The summed E-state index contributed by atoms with van der Waals surface area (Å²) < 4.78 is 2.64. The number of hydrogen-bond acceptors (Lipinski definition) is 3. The van der Waals surface area contributed by atoms with Crippen LogP contribution in [0.15, 0.2) is 158 Å². The van der Waals surface area contributed by atoms with Gasteiger partial charge in [-0.25, -0.2) is 0 Å². The maximum absolute atomic E-state index is 2.73. The van der Waals surface area contributed by atoms with Crippen LogP contribution in [0.25, 0.3) is 53.6 Å². The maximum Gasteiger partial charge on any atom is 0.333 e. The first kappa shape index (κ1) is 42.0. The molecule has 4 heteroatoms. The van der Waals surface area contributed by atoms with Gasteiger partial charge >= 0.3 is 6.85 Å². The minimum atomic E-state index is -0.248. The van der Waals surface area contributed by atoms with E-state index < -0.39 is 0 Å². The lowest BCUT2D eigenvalue weighted by molar-refractivity contribution is 0.590. The number of benzene rings is 8. The highest BCUT2D eigenvalue weighted by Crippen LogP contribution is 2.59. The van der Waals surface area contributed by atoms with Gasteiger partial charge < -0.3 is 9.71 Å². The minimum Gasteiger partial charge on any atom is -0.376 e. The largest absolute Gasteiger partial charge is 0.376 e. The summed E-state index contributed by atoms with van der Waals surface area (Å²) in [6.07, 6.45) is 0. The highest BCUT2D eigenvalue weighted by molar-refractivity contribution is 7.26. The molecule has 0 bridgehead atoms. The average Bonchev–Trinajstić information content (AvgIpc) is 3.79. The molecule has 8 aromatic carbocycles. The Morgan fingerprint density at radius 3 is 1.76 bits per heavy atom. The van der Waals surface area contributed by atoms with Gasteiger partial charge in [0.05, 0.1) is 5.69 Å². The molecule has 0 spiro atoms. The zero-order valence-electron chi connectivity index (χ0n) is 40.9. The highest BCUT2D eigenvalue weighted by atomic mass is 32.1. The topological polar surface area (TPSA) is 6.48 Å². The van der Waals surface area contributed by atoms with Crippen LogP contribution in [-0.2, 0) is 21.7 Å². The van der Waals surface area contributed by atoms with E-state index >= 15 is 0 Å². The molecule has 12 rings (SSSR count). The van der Waals surface area contributed by atoms with Gasteiger partial charge in [0.25, 0.3) is 0 Å². The molecule has 0 unspecified atom stereocenters. The van der Waals surface area contributed by atoms with E-state index in [4.69, 9.17) is 0 Å². The second kappa shape index (κ2) is 14.3. The van der Waals surface area contributed by atoms with E-state index in [1.54, 1.807) is 0 Å². The lowest BCUT2D eigenvalue weighted by Crippen LogP contribution is -2.62. The van der Waals surface area contributed by atoms with Crippen LogP contribution in [-0.4, -0.2) is 6.85 Å². The van der Waals surface area contributed by atoms with Crippen molar-refractivity contribution in [2.45, 2.75) is 97.8 Å². The first-order chi connectivity index (χ1) is 31.9. The second-order valence-electron chi connectivity index (χ2n) is 23.0. The van der Waals surface area contributed by atoms with E-state index in [2.05, 4.69) is 244 Å². The Labute approximate surface area is 402 Å². The fourth-order valence-corrected chi connectivity index (χ4v) is 12.9. The van der Waals surface area contributed by atoms with Gasteiger partial charge in [-0.2, -0.15) is 0 Å². The molecular weight excluding hydrogens is 828 g/mol. The summed E-state index contributed by atoms with van der Waals surface area (Å²) in [5, 5.41) is 2.67. The third kappa shape index (κ3) is 6.21. The Bertz CT molecular complexity index is 3500. The van der Waals surface area contributed by atoms with E-state index in [-0.39, 0.29) is 28.5 Å². The summed E-state index contributed by atoms with van der Waals surface area (Å²) in [6, 6.07) is 61.1. The van der Waals surface area contributed by atoms with Gasteiger partial charge in [-0.15, -0.1) is 11.3 Å². The maximum atomic E-state index is 2.73. The molecule has 1 aromatic heterocycles. The van der Waals surface area contributed by atoms with Crippen LogP contribution < -0.4 is 20.6 Å². The normalized spacial score (nSPS) is 14.8. The average molecular weight is 887 g/mol. The third-order valence-corrected chi connectivity index (χ3v) is 16.4. The van der Waals surface area contributed by atoms with Crippen LogP contribution in [0.2, 0.25) is 0 Å².